The summed E-state index contributed by atoms with van der Waals surface area (Å²) in [5.41, 5.74) is 1.18. The van der Waals surface area contributed by atoms with Crippen LogP contribution in [0.25, 0.3) is 11.5 Å². The van der Waals surface area contributed by atoms with E-state index in [9.17, 15) is 9.59 Å². The number of fused-ring (bicyclic) bond motifs is 1. The van der Waals surface area contributed by atoms with Gasteiger partial charge in [-0.15, -0.1) is 0 Å². The lowest BCUT2D eigenvalue weighted by Crippen LogP contribution is -2.65. The maximum Gasteiger partial charge on any atom is 0.271 e. The zero-order valence-corrected chi connectivity index (χ0v) is 20.0. The summed E-state index contributed by atoms with van der Waals surface area (Å²) in [6.07, 6.45) is 8.34. The first-order chi connectivity index (χ1) is 16.4. The van der Waals surface area contributed by atoms with Crippen molar-refractivity contribution in [1.82, 2.24) is 19.8 Å². The number of amides is 2. The molecule has 0 unspecified atom stereocenters. The molecule has 5 rings (SSSR count). The number of rotatable bonds is 5. The number of carbonyl (C=O) groups is 2. The summed E-state index contributed by atoms with van der Waals surface area (Å²) in [6.45, 7) is 7.01. The van der Waals surface area contributed by atoms with Crippen LogP contribution in [0.1, 0.15) is 56.1 Å². The molecule has 3 aromatic rings. The van der Waals surface area contributed by atoms with E-state index in [1.807, 2.05) is 47.9 Å². The molecule has 7 heteroatoms. The van der Waals surface area contributed by atoms with Crippen molar-refractivity contribution in [2.24, 2.45) is 11.8 Å². The Kier molecular flexibility index (Phi) is 5.80. The molecular weight excluding hydrogens is 428 g/mol. The smallest absolute Gasteiger partial charge is 0.271 e. The predicted molar refractivity (Wildman–Crippen MR) is 129 cm³/mol. The van der Waals surface area contributed by atoms with E-state index in [2.05, 4.69) is 24.1 Å². The molecule has 1 aliphatic heterocycles. The fourth-order valence-electron chi connectivity index (χ4n) is 5.44. The van der Waals surface area contributed by atoms with E-state index < -0.39 is 5.54 Å². The summed E-state index contributed by atoms with van der Waals surface area (Å²) < 4.78 is 7.55. The number of nitrogens with zero attached hydrogens (tertiary/aromatic N) is 3. The minimum atomic E-state index is -1.07. The van der Waals surface area contributed by atoms with Crippen LogP contribution in [-0.2, 0) is 17.9 Å². The highest BCUT2D eigenvalue weighted by molar-refractivity contribution is 6.00. The van der Waals surface area contributed by atoms with Gasteiger partial charge >= 0.3 is 0 Å². The number of pyridine rings is 1. The summed E-state index contributed by atoms with van der Waals surface area (Å²) in [4.78, 5) is 33.7. The van der Waals surface area contributed by atoms with Crippen molar-refractivity contribution >= 4 is 11.8 Å². The average Bonchev–Trinajstić information content (AvgIpc) is 3.50. The third-order valence-corrected chi connectivity index (χ3v) is 7.86. The van der Waals surface area contributed by atoms with Gasteiger partial charge in [-0.3, -0.25) is 14.6 Å². The van der Waals surface area contributed by atoms with Gasteiger partial charge in [0.1, 0.15) is 17.0 Å². The van der Waals surface area contributed by atoms with Crippen molar-refractivity contribution in [3.8, 4) is 11.5 Å². The highest BCUT2D eigenvalue weighted by Gasteiger charge is 2.48. The molecular formula is C27H32N4O3. The van der Waals surface area contributed by atoms with Crippen LogP contribution in [0.15, 0.2) is 59.5 Å². The predicted octanol–water partition coefficient (Wildman–Crippen LogP) is 4.50. The van der Waals surface area contributed by atoms with Gasteiger partial charge in [0.25, 0.3) is 5.91 Å². The second kappa shape index (κ2) is 8.78. The summed E-state index contributed by atoms with van der Waals surface area (Å²) in [7, 11) is 0. The molecule has 7 nitrogen and oxygen atoms in total. The Morgan fingerprint density at radius 1 is 1.18 bits per heavy atom. The largest absolute Gasteiger partial charge is 0.463 e. The van der Waals surface area contributed by atoms with Gasteiger partial charge in [-0.05, 0) is 61.1 Å². The summed E-state index contributed by atoms with van der Waals surface area (Å²) in [5, 5.41) is 3.34. The van der Waals surface area contributed by atoms with Crippen molar-refractivity contribution in [3.63, 3.8) is 0 Å². The van der Waals surface area contributed by atoms with Gasteiger partial charge in [-0.2, -0.15) is 0 Å². The van der Waals surface area contributed by atoms with Gasteiger partial charge < -0.3 is 19.2 Å². The number of hydrogen-bond acceptors (Lipinski definition) is 4. The van der Waals surface area contributed by atoms with Crippen molar-refractivity contribution in [1.29, 1.82) is 0 Å². The number of furan rings is 1. The Bertz CT molecular complexity index is 1170. The quantitative estimate of drug-likeness (QED) is 0.608. The molecule has 1 aliphatic carbocycles. The monoisotopic (exact) mass is 460 g/mol. The first-order valence-electron chi connectivity index (χ1n) is 12.1. The van der Waals surface area contributed by atoms with E-state index in [4.69, 9.17) is 4.42 Å². The van der Waals surface area contributed by atoms with Crippen LogP contribution in [-0.4, -0.2) is 37.8 Å². The molecule has 0 aromatic carbocycles. The second-order valence-electron chi connectivity index (χ2n) is 10.0. The van der Waals surface area contributed by atoms with Gasteiger partial charge in [0.05, 0.1) is 18.5 Å². The third kappa shape index (κ3) is 3.83. The van der Waals surface area contributed by atoms with Crippen molar-refractivity contribution in [3.05, 3.63) is 66.3 Å². The summed E-state index contributed by atoms with van der Waals surface area (Å²) in [6, 6.07) is 11.3. The SMILES string of the molecule is C[C@H]1[C@H](C)CCC[C@@H]1NC(=O)[C@@]1(C)Cn2c(ccc2-c2ccco2)C(=O)N1Cc1cccnc1. The number of aromatic nitrogens is 2. The van der Waals surface area contributed by atoms with Gasteiger partial charge in [0, 0.05) is 25.0 Å². The molecule has 0 saturated heterocycles. The number of hydrogen-bond donors (Lipinski definition) is 1. The van der Waals surface area contributed by atoms with Crippen LogP contribution in [0.3, 0.4) is 0 Å². The molecule has 2 aliphatic rings. The average molecular weight is 461 g/mol. The zero-order valence-electron chi connectivity index (χ0n) is 20.0. The fraction of sp³-hybridized carbons (Fsp3) is 0.444. The van der Waals surface area contributed by atoms with E-state index in [1.165, 1.54) is 6.42 Å². The molecule has 1 fully saturated rings. The van der Waals surface area contributed by atoms with Crippen molar-refractivity contribution in [2.45, 2.75) is 64.7 Å². The molecule has 4 heterocycles. The molecule has 0 spiro atoms. The van der Waals surface area contributed by atoms with Crippen LogP contribution in [0.2, 0.25) is 0 Å². The molecule has 0 radical (unpaired) electrons. The Morgan fingerprint density at radius 2 is 2.00 bits per heavy atom. The number of carbonyl (C=O) groups excluding carboxylic acids is 2. The van der Waals surface area contributed by atoms with Crippen LogP contribution in [0, 0.1) is 11.8 Å². The molecule has 178 valence electrons. The van der Waals surface area contributed by atoms with E-state index in [0.29, 0.717) is 36.4 Å². The van der Waals surface area contributed by atoms with Crippen LogP contribution in [0.5, 0.6) is 0 Å². The van der Waals surface area contributed by atoms with Crippen LogP contribution < -0.4 is 5.32 Å². The minimum absolute atomic E-state index is 0.110. The van der Waals surface area contributed by atoms with Gasteiger partial charge in [-0.1, -0.05) is 32.8 Å². The normalized spacial score (nSPS) is 26.9. The molecule has 0 bridgehead atoms. The Labute approximate surface area is 200 Å². The lowest BCUT2D eigenvalue weighted by atomic mass is 9.77. The highest BCUT2D eigenvalue weighted by Crippen LogP contribution is 2.35. The lowest BCUT2D eigenvalue weighted by Gasteiger charge is -2.46. The topological polar surface area (TPSA) is 80.4 Å². The molecule has 1 N–H and O–H groups in total. The summed E-state index contributed by atoms with van der Waals surface area (Å²) in [5.74, 6) is 1.36. The second-order valence-corrected chi connectivity index (χ2v) is 10.0. The zero-order chi connectivity index (χ0) is 23.9. The van der Waals surface area contributed by atoms with Gasteiger partial charge in [0.15, 0.2) is 0 Å². The maximum absolute atomic E-state index is 14.0. The van der Waals surface area contributed by atoms with E-state index in [0.717, 1.165) is 24.1 Å². The molecule has 34 heavy (non-hydrogen) atoms. The third-order valence-electron chi connectivity index (χ3n) is 7.86. The molecule has 1 saturated carbocycles. The fourth-order valence-corrected chi connectivity index (χ4v) is 5.44. The maximum atomic E-state index is 14.0. The molecule has 4 atom stereocenters. The number of nitrogens with one attached hydrogen (secondary N) is 1. The van der Waals surface area contributed by atoms with Crippen LogP contribution >= 0.6 is 0 Å². The minimum Gasteiger partial charge on any atom is -0.463 e. The van der Waals surface area contributed by atoms with Crippen molar-refractivity contribution in [2.75, 3.05) is 0 Å². The Hall–Kier alpha value is -3.35. The van der Waals surface area contributed by atoms with E-state index in [-0.39, 0.29) is 17.9 Å². The Balaban J connectivity index is 1.52. The van der Waals surface area contributed by atoms with E-state index >= 15 is 0 Å². The molecule has 3 aromatic heterocycles. The van der Waals surface area contributed by atoms with Crippen LogP contribution in [0.4, 0.5) is 0 Å². The highest BCUT2D eigenvalue weighted by atomic mass is 16.3. The van der Waals surface area contributed by atoms with Crippen molar-refractivity contribution < 1.29 is 14.0 Å². The Morgan fingerprint density at radius 3 is 2.74 bits per heavy atom. The molecule has 2 amide bonds. The lowest BCUT2D eigenvalue weighted by molar-refractivity contribution is -0.134. The van der Waals surface area contributed by atoms with E-state index in [1.54, 1.807) is 23.6 Å². The standard InChI is InChI=1S/C27H32N4O3/c1-18-7-4-9-21(19(18)2)29-26(33)27(3)17-30-22(24-10-6-14-34-24)11-12-23(30)25(32)31(27)16-20-8-5-13-28-15-20/h5-6,8,10-15,18-19,21H,4,7,9,16-17H2,1-3H3,(H,29,33)/t18-,19+,21+,27-/m1/s1. The van der Waals surface area contributed by atoms with Gasteiger partial charge in [0.2, 0.25) is 5.91 Å². The summed E-state index contributed by atoms with van der Waals surface area (Å²) >= 11 is 0. The first-order valence-corrected chi connectivity index (χ1v) is 12.1. The first kappa shape index (κ1) is 22.4. The van der Waals surface area contributed by atoms with Gasteiger partial charge in [-0.25, -0.2) is 0 Å².